The summed E-state index contributed by atoms with van der Waals surface area (Å²) in [6.45, 7) is 17.6. The highest BCUT2D eigenvalue weighted by Gasteiger charge is 2.22. The smallest absolute Gasteiger partial charge is 0.315 e. The second-order valence-electron chi connectivity index (χ2n) is 12.5. The van der Waals surface area contributed by atoms with Gasteiger partial charge in [0.15, 0.2) is 5.65 Å². The molecule has 0 spiro atoms. The standard InChI is InChI=1S/C36H48N8O2.C2H6/c1-4-33-31(34(41-30-12-16-46-17-13-30)32-22-40-44(5-2)35(32)42-33)21-39-36(45)38-20-26-8-6-10-28(18-26)29-11-7-9-27(19-29)24-43-15-14-37-25(3)23-43;1-2/h6-11,18-19,22,25,30,37H,4-5,12-17,20-21,23-24H2,1-3H3,(H,41,42)(H2,38,39,45);1-2H3/t25-;/m1./s1. The molecule has 4 heterocycles. The Morgan fingerprint density at radius 3 is 2.42 bits per heavy atom. The van der Waals surface area contributed by atoms with E-state index in [1.165, 1.54) is 11.1 Å². The third-order valence-corrected chi connectivity index (χ3v) is 9.10. The van der Waals surface area contributed by atoms with Gasteiger partial charge in [-0.25, -0.2) is 14.5 Å². The van der Waals surface area contributed by atoms with Gasteiger partial charge >= 0.3 is 6.03 Å². The molecule has 258 valence electrons. The van der Waals surface area contributed by atoms with Crippen LogP contribution in [-0.2, 0) is 37.3 Å². The number of hydrogen-bond donors (Lipinski definition) is 4. The van der Waals surface area contributed by atoms with Crippen LogP contribution in [-0.4, -0.2) is 70.6 Å². The van der Waals surface area contributed by atoms with Crippen LogP contribution in [0.4, 0.5) is 10.5 Å². The number of carbonyl (C=O) groups excluding carboxylic acids is 1. The van der Waals surface area contributed by atoms with E-state index in [0.717, 1.165) is 104 Å². The van der Waals surface area contributed by atoms with Crippen molar-refractivity contribution in [2.45, 2.75) is 92.1 Å². The maximum atomic E-state index is 13.1. The Kier molecular flexibility index (Phi) is 12.8. The maximum absolute atomic E-state index is 13.1. The van der Waals surface area contributed by atoms with Crippen molar-refractivity contribution in [2.24, 2.45) is 0 Å². The number of aromatic nitrogens is 3. The fourth-order valence-electron chi connectivity index (χ4n) is 6.64. The van der Waals surface area contributed by atoms with Crippen LogP contribution in [0.25, 0.3) is 22.2 Å². The van der Waals surface area contributed by atoms with Crippen molar-refractivity contribution in [3.63, 3.8) is 0 Å². The van der Waals surface area contributed by atoms with Crippen molar-refractivity contribution < 1.29 is 9.53 Å². The van der Waals surface area contributed by atoms with Crippen LogP contribution in [0.3, 0.4) is 0 Å². The molecule has 6 rings (SSSR count). The van der Waals surface area contributed by atoms with Crippen molar-refractivity contribution in [1.82, 2.24) is 35.6 Å². The number of urea groups is 1. The molecule has 2 saturated heterocycles. The number of fused-ring (bicyclic) bond motifs is 1. The van der Waals surface area contributed by atoms with E-state index in [4.69, 9.17) is 9.72 Å². The van der Waals surface area contributed by atoms with E-state index in [0.29, 0.717) is 25.2 Å². The second kappa shape index (κ2) is 17.4. The van der Waals surface area contributed by atoms with Crippen LogP contribution in [0.5, 0.6) is 0 Å². The van der Waals surface area contributed by atoms with E-state index in [-0.39, 0.29) is 6.03 Å². The van der Waals surface area contributed by atoms with Gasteiger partial charge in [-0.2, -0.15) is 5.10 Å². The first-order valence-electron chi connectivity index (χ1n) is 17.9. The molecule has 1 atom stereocenters. The lowest BCUT2D eigenvalue weighted by atomic mass is 10.0. The number of benzene rings is 2. The van der Waals surface area contributed by atoms with E-state index in [1.54, 1.807) is 0 Å². The zero-order chi connectivity index (χ0) is 33.9. The SMILES string of the molecule is CC.CCc1nc2c(cnn2CC)c(NC2CCOCC2)c1CNC(=O)NCc1cccc(-c2cccc(CN3CCN[C@H](C)C3)c2)c1. The van der Waals surface area contributed by atoms with Gasteiger partial charge in [-0.3, -0.25) is 4.90 Å². The largest absolute Gasteiger partial charge is 0.381 e. The average molecular weight is 655 g/mol. The van der Waals surface area contributed by atoms with Gasteiger partial charge < -0.3 is 26.0 Å². The Morgan fingerprint density at radius 2 is 1.71 bits per heavy atom. The zero-order valence-corrected chi connectivity index (χ0v) is 29.4. The van der Waals surface area contributed by atoms with Crippen molar-refractivity contribution in [3.05, 3.63) is 77.1 Å². The van der Waals surface area contributed by atoms with E-state index >= 15 is 0 Å². The number of pyridine rings is 1. The van der Waals surface area contributed by atoms with Crippen LogP contribution < -0.4 is 21.3 Å². The quantitative estimate of drug-likeness (QED) is 0.155. The molecule has 4 aromatic rings. The minimum Gasteiger partial charge on any atom is -0.381 e. The number of ether oxygens (including phenoxy) is 1. The Labute approximate surface area is 286 Å². The van der Waals surface area contributed by atoms with E-state index in [1.807, 2.05) is 24.7 Å². The summed E-state index contributed by atoms with van der Waals surface area (Å²) in [7, 11) is 0. The number of hydrogen-bond acceptors (Lipinski definition) is 7. The number of rotatable bonds is 11. The number of nitrogens with zero attached hydrogens (tertiary/aromatic N) is 4. The first-order chi connectivity index (χ1) is 23.5. The summed E-state index contributed by atoms with van der Waals surface area (Å²) in [5.74, 6) is 0. The van der Waals surface area contributed by atoms with Crippen molar-refractivity contribution in [2.75, 3.05) is 38.2 Å². The predicted molar refractivity (Wildman–Crippen MR) is 195 cm³/mol. The third-order valence-electron chi connectivity index (χ3n) is 9.10. The van der Waals surface area contributed by atoms with E-state index in [2.05, 4.69) is 101 Å². The number of anilines is 1. The topological polar surface area (TPSA) is 108 Å². The molecule has 10 heteroatoms. The fourth-order valence-corrected chi connectivity index (χ4v) is 6.64. The van der Waals surface area contributed by atoms with Crippen LogP contribution >= 0.6 is 0 Å². The molecule has 0 saturated carbocycles. The minimum absolute atomic E-state index is 0.207. The Morgan fingerprint density at radius 1 is 1.00 bits per heavy atom. The van der Waals surface area contributed by atoms with Crippen molar-refractivity contribution in [1.29, 1.82) is 0 Å². The van der Waals surface area contributed by atoms with E-state index in [9.17, 15) is 4.79 Å². The van der Waals surface area contributed by atoms with Crippen LogP contribution in [0.2, 0.25) is 0 Å². The Balaban J connectivity index is 0.00000221. The molecule has 2 aliphatic heterocycles. The van der Waals surface area contributed by atoms with Crippen LogP contribution in [0, 0.1) is 0 Å². The molecule has 2 amide bonds. The highest BCUT2D eigenvalue weighted by molar-refractivity contribution is 5.92. The lowest BCUT2D eigenvalue weighted by Crippen LogP contribution is -2.48. The number of aryl methyl sites for hydroxylation is 2. The number of amides is 2. The summed E-state index contributed by atoms with van der Waals surface area (Å²) in [5.41, 5.74) is 8.61. The highest BCUT2D eigenvalue weighted by Crippen LogP contribution is 2.31. The van der Waals surface area contributed by atoms with Crippen LogP contribution in [0.1, 0.15) is 69.8 Å². The fraction of sp³-hybridized carbons (Fsp3) is 0.500. The molecule has 2 aromatic carbocycles. The van der Waals surface area contributed by atoms with Gasteiger partial charge in [0.05, 0.1) is 17.3 Å². The summed E-state index contributed by atoms with van der Waals surface area (Å²) in [5, 5.41) is 19.1. The summed E-state index contributed by atoms with van der Waals surface area (Å²) in [6.07, 6.45) is 4.54. The molecule has 0 radical (unpaired) electrons. The summed E-state index contributed by atoms with van der Waals surface area (Å²) in [6, 6.07) is 17.9. The lowest BCUT2D eigenvalue weighted by Gasteiger charge is -2.31. The first-order valence-corrected chi connectivity index (χ1v) is 17.9. The van der Waals surface area contributed by atoms with Crippen molar-refractivity contribution >= 4 is 22.8 Å². The van der Waals surface area contributed by atoms with Gasteiger partial charge in [0.2, 0.25) is 0 Å². The molecule has 0 bridgehead atoms. The average Bonchev–Trinajstić information content (AvgIpc) is 3.54. The molecule has 0 unspecified atom stereocenters. The summed E-state index contributed by atoms with van der Waals surface area (Å²) in [4.78, 5) is 20.6. The lowest BCUT2D eigenvalue weighted by molar-refractivity contribution is 0.0904. The van der Waals surface area contributed by atoms with Gasteiger partial charge in [0.1, 0.15) is 0 Å². The molecule has 4 N–H and O–H groups in total. The van der Waals surface area contributed by atoms with Crippen LogP contribution in [0.15, 0.2) is 54.7 Å². The van der Waals surface area contributed by atoms with Gasteiger partial charge in [-0.15, -0.1) is 0 Å². The Hall–Kier alpha value is -3.99. The van der Waals surface area contributed by atoms with Gasteiger partial charge in [-0.05, 0) is 67.5 Å². The summed E-state index contributed by atoms with van der Waals surface area (Å²) < 4.78 is 7.53. The third kappa shape index (κ3) is 8.92. The predicted octanol–water partition coefficient (Wildman–Crippen LogP) is 6.09. The monoisotopic (exact) mass is 654 g/mol. The highest BCUT2D eigenvalue weighted by atomic mass is 16.5. The zero-order valence-electron chi connectivity index (χ0n) is 29.4. The molecule has 2 aliphatic rings. The maximum Gasteiger partial charge on any atom is 0.315 e. The van der Waals surface area contributed by atoms with Gasteiger partial charge in [0, 0.05) is 82.4 Å². The van der Waals surface area contributed by atoms with E-state index < -0.39 is 0 Å². The molecule has 2 aromatic heterocycles. The number of nitrogens with one attached hydrogen (secondary N) is 4. The molecule has 2 fully saturated rings. The Bertz CT molecular complexity index is 1630. The number of carbonyl (C=O) groups is 1. The van der Waals surface area contributed by atoms with Gasteiger partial charge in [-0.1, -0.05) is 57.2 Å². The normalized spacial score (nSPS) is 17.1. The first kappa shape index (κ1) is 35.3. The molecular formula is C38H54N8O2. The number of piperazine rings is 1. The second-order valence-corrected chi connectivity index (χ2v) is 12.5. The van der Waals surface area contributed by atoms with Crippen molar-refractivity contribution in [3.8, 4) is 11.1 Å². The molecule has 10 nitrogen and oxygen atoms in total. The molecular weight excluding hydrogens is 600 g/mol. The summed E-state index contributed by atoms with van der Waals surface area (Å²) >= 11 is 0. The molecule has 48 heavy (non-hydrogen) atoms. The minimum atomic E-state index is -0.207. The molecule has 0 aliphatic carbocycles. The van der Waals surface area contributed by atoms with Gasteiger partial charge in [0.25, 0.3) is 0 Å².